The van der Waals surface area contributed by atoms with Crippen molar-refractivity contribution in [3.63, 3.8) is 0 Å². The van der Waals surface area contributed by atoms with E-state index < -0.39 is 0 Å². The van der Waals surface area contributed by atoms with Crippen molar-refractivity contribution in [1.29, 1.82) is 0 Å². The highest BCUT2D eigenvalue weighted by Gasteiger charge is 2.08. The number of halogens is 2. The zero-order valence-corrected chi connectivity index (χ0v) is 12.3. The molecule has 0 spiro atoms. The summed E-state index contributed by atoms with van der Waals surface area (Å²) in [4.78, 5) is 0. The third kappa shape index (κ3) is 2.72. The predicted molar refractivity (Wildman–Crippen MR) is 82.7 cm³/mol. The molecule has 0 aromatic heterocycles. The van der Waals surface area contributed by atoms with Crippen molar-refractivity contribution in [2.75, 3.05) is 0 Å². The highest BCUT2D eigenvalue weighted by atomic mass is 127. The van der Waals surface area contributed by atoms with Crippen LogP contribution in [0.5, 0.6) is 0 Å². The van der Waals surface area contributed by atoms with Crippen LogP contribution in [0.1, 0.15) is 7.49 Å². The zero-order chi connectivity index (χ0) is 10.7. The molecular weight excluding hydrogens is 410 g/mol. The monoisotopic (exact) mass is 420 g/mol. The summed E-state index contributed by atoms with van der Waals surface area (Å²) in [6, 6.07) is 19.1. The fraction of sp³-hybridized carbons (Fsp3) is 0.0769. The van der Waals surface area contributed by atoms with Crippen molar-refractivity contribution in [3.8, 4) is 11.1 Å². The van der Waals surface area contributed by atoms with Crippen LogP contribution >= 0.6 is 45.2 Å². The smallest absolute Gasteiger partial charge is 0.0657 e. The number of benzene rings is 2. The second kappa shape index (κ2) is 5.30. The van der Waals surface area contributed by atoms with Gasteiger partial charge in [0.15, 0.2) is 0 Å². The molecule has 0 saturated carbocycles. The van der Waals surface area contributed by atoms with Crippen LogP contribution in [0.2, 0.25) is 0 Å². The van der Waals surface area contributed by atoms with Crippen LogP contribution in [-0.2, 0) is 0 Å². The van der Waals surface area contributed by atoms with E-state index in [4.69, 9.17) is 0 Å². The standard InChI is InChI=1S/C13H10I2/c14-13(15)12-9-5-4-8-11(12)10-6-2-1-3-7-10/h1-9,13H. The molecule has 0 heterocycles. The number of rotatable bonds is 2. The average molecular weight is 420 g/mol. The Morgan fingerprint density at radius 3 is 2.00 bits per heavy atom. The fourth-order valence-electron chi connectivity index (χ4n) is 1.57. The second-order valence-corrected chi connectivity index (χ2v) is 8.13. The molecule has 0 amide bonds. The lowest BCUT2D eigenvalue weighted by Crippen LogP contribution is -1.86. The van der Waals surface area contributed by atoms with E-state index in [-0.39, 0.29) is 0 Å². The highest BCUT2D eigenvalue weighted by Crippen LogP contribution is 2.37. The molecule has 2 aromatic carbocycles. The first-order chi connectivity index (χ1) is 7.29. The van der Waals surface area contributed by atoms with E-state index in [0.717, 1.165) is 0 Å². The summed E-state index contributed by atoms with van der Waals surface area (Å²) in [5.41, 5.74) is 4.03. The van der Waals surface area contributed by atoms with E-state index in [1.54, 1.807) is 0 Å². The van der Waals surface area contributed by atoms with Gasteiger partial charge in [-0.3, -0.25) is 0 Å². The molecule has 0 bridgehead atoms. The van der Waals surface area contributed by atoms with Crippen molar-refractivity contribution in [2.24, 2.45) is 0 Å². The molecule has 0 unspecified atom stereocenters. The van der Waals surface area contributed by atoms with Crippen molar-refractivity contribution in [2.45, 2.75) is 1.93 Å². The van der Waals surface area contributed by atoms with E-state index in [9.17, 15) is 0 Å². The second-order valence-electron chi connectivity index (χ2n) is 3.25. The van der Waals surface area contributed by atoms with Gasteiger partial charge >= 0.3 is 0 Å². The molecule has 0 atom stereocenters. The highest BCUT2D eigenvalue weighted by molar-refractivity contribution is 14.2. The SMILES string of the molecule is IC(I)c1ccccc1-c1ccccc1. The first-order valence-corrected chi connectivity index (χ1v) is 7.20. The molecule has 0 aliphatic heterocycles. The molecule has 76 valence electrons. The van der Waals surface area contributed by atoms with E-state index >= 15 is 0 Å². The lowest BCUT2D eigenvalue weighted by Gasteiger charge is -2.10. The molecular formula is C13H10I2. The van der Waals surface area contributed by atoms with Gasteiger partial charge in [-0.25, -0.2) is 0 Å². The fourth-order valence-corrected chi connectivity index (χ4v) is 2.65. The van der Waals surface area contributed by atoms with Crippen LogP contribution in [0, 0.1) is 0 Å². The van der Waals surface area contributed by atoms with Gasteiger partial charge in [0, 0.05) is 0 Å². The first kappa shape index (κ1) is 11.4. The number of hydrogen-bond donors (Lipinski definition) is 0. The Bertz CT molecular complexity index is 435. The third-order valence-corrected chi connectivity index (χ3v) is 3.62. The first-order valence-electron chi connectivity index (χ1n) is 4.71. The van der Waals surface area contributed by atoms with Crippen LogP contribution in [0.15, 0.2) is 54.6 Å². The minimum absolute atomic E-state index is 0.511. The van der Waals surface area contributed by atoms with Gasteiger partial charge in [-0.05, 0) is 16.7 Å². The maximum atomic E-state index is 2.45. The Kier molecular flexibility index (Phi) is 4.02. The van der Waals surface area contributed by atoms with Gasteiger partial charge < -0.3 is 0 Å². The molecule has 0 saturated heterocycles. The van der Waals surface area contributed by atoms with Crippen molar-refractivity contribution < 1.29 is 0 Å². The van der Waals surface area contributed by atoms with Gasteiger partial charge in [0.25, 0.3) is 0 Å². The molecule has 0 nitrogen and oxygen atoms in total. The molecule has 2 heteroatoms. The van der Waals surface area contributed by atoms with E-state index in [0.29, 0.717) is 1.93 Å². The lowest BCUT2D eigenvalue weighted by molar-refractivity contribution is 1.45. The van der Waals surface area contributed by atoms with Gasteiger partial charge in [-0.2, -0.15) is 0 Å². The normalized spacial score (nSPS) is 10.6. The minimum Gasteiger partial charge on any atom is -0.0657 e. The van der Waals surface area contributed by atoms with E-state index in [2.05, 4.69) is 99.8 Å². The maximum absolute atomic E-state index is 2.45. The lowest BCUT2D eigenvalue weighted by atomic mass is 10.0. The van der Waals surface area contributed by atoms with Crippen LogP contribution in [0.4, 0.5) is 0 Å². The maximum Gasteiger partial charge on any atom is 0.0880 e. The van der Waals surface area contributed by atoms with Gasteiger partial charge in [0.1, 0.15) is 0 Å². The molecule has 0 aliphatic carbocycles. The third-order valence-electron chi connectivity index (χ3n) is 2.28. The zero-order valence-electron chi connectivity index (χ0n) is 8.03. The van der Waals surface area contributed by atoms with Crippen LogP contribution in [0.3, 0.4) is 0 Å². The van der Waals surface area contributed by atoms with Gasteiger partial charge in [0.2, 0.25) is 0 Å². The molecule has 0 fully saturated rings. The largest absolute Gasteiger partial charge is 0.0880 e. The topological polar surface area (TPSA) is 0 Å². The minimum atomic E-state index is 0.511. The van der Waals surface area contributed by atoms with E-state index in [1.165, 1.54) is 16.7 Å². The van der Waals surface area contributed by atoms with Gasteiger partial charge in [0.05, 0.1) is 1.93 Å². The van der Waals surface area contributed by atoms with Crippen molar-refractivity contribution >= 4 is 45.2 Å². The Hall–Kier alpha value is -0.1000. The number of alkyl halides is 2. The Morgan fingerprint density at radius 1 is 0.733 bits per heavy atom. The molecule has 0 aliphatic rings. The molecule has 0 radical (unpaired) electrons. The molecule has 2 rings (SSSR count). The molecule has 15 heavy (non-hydrogen) atoms. The summed E-state index contributed by atoms with van der Waals surface area (Å²) in [6.45, 7) is 0. The average Bonchev–Trinajstić information content (AvgIpc) is 2.30. The van der Waals surface area contributed by atoms with Gasteiger partial charge in [-0.15, -0.1) is 0 Å². The summed E-state index contributed by atoms with van der Waals surface area (Å²) in [6.07, 6.45) is 0. The Balaban J connectivity index is 2.53. The summed E-state index contributed by atoms with van der Waals surface area (Å²) < 4.78 is 0.511. The van der Waals surface area contributed by atoms with Crippen LogP contribution in [-0.4, -0.2) is 0 Å². The summed E-state index contributed by atoms with van der Waals surface area (Å²) >= 11 is 4.89. The van der Waals surface area contributed by atoms with Crippen molar-refractivity contribution in [1.82, 2.24) is 0 Å². The van der Waals surface area contributed by atoms with Crippen molar-refractivity contribution in [3.05, 3.63) is 60.2 Å². The van der Waals surface area contributed by atoms with Gasteiger partial charge in [-0.1, -0.05) is 99.8 Å². The molecule has 0 N–H and O–H groups in total. The summed E-state index contributed by atoms with van der Waals surface area (Å²) in [5, 5.41) is 0. The predicted octanol–water partition coefficient (Wildman–Crippen LogP) is 5.22. The Morgan fingerprint density at radius 2 is 1.33 bits per heavy atom. The number of hydrogen-bond acceptors (Lipinski definition) is 0. The quantitative estimate of drug-likeness (QED) is 0.462. The molecule has 2 aromatic rings. The Labute approximate surface area is 117 Å². The summed E-state index contributed by atoms with van der Waals surface area (Å²) in [5.74, 6) is 0. The van der Waals surface area contributed by atoms with Crippen LogP contribution in [0.25, 0.3) is 11.1 Å². The summed E-state index contributed by atoms with van der Waals surface area (Å²) in [7, 11) is 0. The van der Waals surface area contributed by atoms with Crippen LogP contribution < -0.4 is 0 Å². The van der Waals surface area contributed by atoms with E-state index in [1.807, 2.05) is 0 Å².